The fourth-order valence-corrected chi connectivity index (χ4v) is 1.83. The van der Waals surface area contributed by atoms with E-state index >= 15 is 0 Å². The highest BCUT2D eigenvalue weighted by Gasteiger charge is 2.09. The van der Waals surface area contributed by atoms with Crippen molar-refractivity contribution in [1.29, 1.82) is 5.26 Å². The number of carbonyl (C=O) groups is 2. The largest absolute Gasteiger partial charge is 0.467 e. The van der Waals surface area contributed by atoms with Gasteiger partial charge in [0.05, 0.1) is 12.8 Å². The Hall–Kier alpha value is -3.53. The van der Waals surface area contributed by atoms with E-state index in [1.165, 1.54) is 19.4 Å². The molecule has 2 amide bonds. The Labute approximate surface area is 139 Å². The lowest BCUT2D eigenvalue weighted by molar-refractivity contribution is -0.117. The van der Waals surface area contributed by atoms with Gasteiger partial charge in [-0.3, -0.25) is 9.59 Å². The van der Waals surface area contributed by atoms with Crippen LogP contribution in [0.2, 0.25) is 0 Å². The highest BCUT2D eigenvalue weighted by atomic mass is 16.3. The number of furan rings is 1. The number of nitriles is 1. The van der Waals surface area contributed by atoms with Crippen LogP contribution in [0.4, 0.5) is 11.4 Å². The first kappa shape index (κ1) is 16.8. The molecule has 2 rings (SSSR count). The van der Waals surface area contributed by atoms with Crippen LogP contribution in [0.15, 0.2) is 58.9 Å². The van der Waals surface area contributed by atoms with Gasteiger partial charge in [-0.25, -0.2) is 0 Å². The molecule has 24 heavy (non-hydrogen) atoms. The van der Waals surface area contributed by atoms with Gasteiger partial charge in [0.25, 0.3) is 5.91 Å². The van der Waals surface area contributed by atoms with Crippen molar-refractivity contribution in [3.8, 4) is 6.07 Å². The molecule has 1 aromatic carbocycles. The molecule has 0 aliphatic rings. The molecule has 0 radical (unpaired) electrons. The molecule has 0 aliphatic heterocycles. The van der Waals surface area contributed by atoms with Crippen LogP contribution < -0.4 is 16.0 Å². The fraction of sp³-hybridized carbons (Fsp3) is 0.118. The number of nitrogens with zero attached hydrogens (tertiary/aromatic N) is 1. The van der Waals surface area contributed by atoms with Gasteiger partial charge >= 0.3 is 0 Å². The van der Waals surface area contributed by atoms with Crippen LogP contribution in [0.25, 0.3) is 0 Å². The van der Waals surface area contributed by atoms with Gasteiger partial charge in [0.15, 0.2) is 0 Å². The summed E-state index contributed by atoms with van der Waals surface area (Å²) >= 11 is 0. The molecule has 0 unspecified atom stereocenters. The van der Waals surface area contributed by atoms with Crippen molar-refractivity contribution < 1.29 is 14.0 Å². The number of anilines is 2. The lowest BCUT2D eigenvalue weighted by Crippen LogP contribution is -2.24. The number of carbonyl (C=O) groups excluding carboxylic acids is 2. The van der Waals surface area contributed by atoms with Gasteiger partial charge in [0.1, 0.15) is 17.4 Å². The Morgan fingerprint density at radius 2 is 1.92 bits per heavy atom. The number of benzene rings is 1. The Morgan fingerprint density at radius 1 is 1.21 bits per heavy atom. The van der Waals surface area contributed by atoms with E-state index in [1.807, 2.05) is 6.07 Å². The molecular weight excluding hydrogens is 308 g/mol. The van der Waals surface area contributed by atoms with Crippen LogP contribution in [0.5, 0.6) is 0 Å². The second-order valence-electron chi connectivity index (χ2n) is 4.83. The van der Waals surface area contributed by atoms with E-state index in [9.17, 15) is 9.59 Å². The fourth-order valence-electron chi connectivity index (χ4n) is 1.83. The van der Waals surface area contributed by atoms with Crippen molar-refractivity contribution >= 4 is 23.2 Å². The van der Waals surface area contributed by atoms with Crippen LogP contribution in [0.1, 0.15) is 12.7 Å². The van der Waals surface area contributed by atoms with Crippen molar-refractivity contribution in [2.45, 2.75) is 13.5 Å². The zero-order chi connectivity index (χ0) is 17.4. The van der Waals surface area contributed by atoms with Gasteiger partial charge in [-0.2, -0.15) is 5.26 Å². The summed E-state index contributed by atoms with van der Waals surface area (Å²) in [5.74, 6) is -0.0611. The Balaban J connectivity index is 1.93. The minimum absolute atomic E-state index is 0.0625. The van der Waals surface area contributed by atoms with Crippen molar-refractivity contribution in [2.75, 3.05) is 10.6 Å². The molecular formula is C17H16N4O3. The highest BCUT2D eigenvalue weighted by molar-refractivity contribution is 5.97. The minimum atomic E-state index is -0.503. The Kier molecular flexibility index (Phi) is 5.75. The second kappa shape index (κ2) is 8.19. The molecule has 7 heteroatoms. The van der Waals surface area contributed by atoms with Crippen LogP contribution in [0.3, 0.4) is 0 Å². The zero-order valence-corrected chi connectivity index (χ0v) is 13.0. The molecule has 0 aliphatic carbocycles. The van der Waals surface area contributed by atoms with Gasteiger partial charge in [0.2, 0.25) is 5.91 Å². The molecule has 0 bridgehead atoms. The summed E-state index contributed by atoms with van der Waals surface area (Å²) in [6.07, 6.45) is 2.83. The molecule has 0 atom stereocenters. The summed E-state index contributed by atoms with van der Waals surface area (Å²) in [6.45, 7) is 1.63. The SMILES string of the molecule is CC(=O)Nc1ccc(N/C=C(\C#N)C(=O)NCc2ccco2)cc1. The second-order valence-corrected chi connectivity index (χ2v) is 4.83. The van der Waals surface area contributed by atoms with E-state index in [0.29, 0.717) is 17.1 Å². The van der Waals surface area contributed by atoms with Crippen LogP contribution in [0, 0.1) is 11.3 Å². The third kappa shape index (κ3) is 5.03. The molecule has 0 spiro atoms. The first-order chi connectivity index (χ1) is 11.6. The average molecular weight is 324 g/mol. The van der Waals surface area contributed by atoms with E-state index in [4.69, 9.17) is 9.68 Å². The maximum absolute atomic E-state index is 11.9. The molecule has 2 aromatic rings. The molecule has 3 N–H and O–H groups in total. The Morgan fingerprint density at radius 3 is 2.50 bits per heavy atom. The maximum Gasteiger partial charge on any atom is 0.263 e. The third-order valence-corrected chi connectivity index (χ3v) is 2.96. The predicted molar refractivity (Wildman–Crippen MR) is 88.6 cm³/mol. The number of nitrogens with one attached hydrogen (secondary N) is 3. The molecule has 1 aromatic heterocycles. The van der Waals surface area contributed by atoms with Gasteiger partial charge < -0.3 is 20.4 Å². The van der Waals surface area contributed by atoms with E-state index in [1.54, 1.807) is 36.4 Å². The van der Waals surface area contributed by atoms with E-state index in [0.717, 1.165) is 0 Å². The molecule has 0 fully saturated rings. The predicted octanol–water partition coefficient (Wildman–Crippen LogP) is 2.37. The van der Waals surface area contributed by atoms with Crippen molar-refractivity contribution in [3.63, 3.8) is 0 Å². The van der Waals surface area contributed by atoms with Gasteiger partial charge in [-0.05, 0) is 36.4 Å². The van der Waals surface area contributed by atoms with Crippen molar-refractivity contribution in [3.05, 3.63) is 60.2 Å². The zero-order valence-electron chi connectivity index (χ0n) is 13.0. The summed E-state index contributed by atoms with van der Waals surface area (Å²) < 4.78 is 5.10. The topological polar surface area (TPSA) is 107 Å². The van der Waals surface area contributed by atoms with Gasteiger partial charge in [-0.1, -0.05) is 0 Å². The maximum atomic E-state index is 11.9. The molecule has 7 nitrogen and oxygen atoms in total. The summed E-state index contributed by atoms with van der Waals surface area (Å²) in [7, 11) is 0. The van der Waals surface area contributed by atoms with Crippen LogP contribution >= 0.6 is 0 Å². The monoisotopic (exact) mass is 324 g/mol. The molecule has 0 saturated carbocycles. The van der Waals surface area contributed by atoms with E-state index < -0.39 is 5.91 Å². The number of hydrogen-bond acceptors (Lipinski definition) is 5. The number of rotatable bonds is 6. The summed E-state index contributed by atoms with van der Waals surface area (Å²) in [6, 6.07) is 12.1. The van der Waals surface area contributed by atoms with E-state index in [-0.39, 0.29) is 18.0 Å². The Bertz CT molecular complexity index is 771. The molecule has 1 heterocycles. The first-order valence-electron chi connectivity index (χ1n) is 7.13. The first-order valence-corrected chi connectivity index (χ1v) is 7.13. The summed E-state index contributed by atoms with van der Waals surface area (Å²) in [4.78, 5) is 22.9. The number of amides is 2. The highest BCUT2D eigenvalue weighted by Crippen LogP contribution is 2.13. The van der Waals surface area contributed by atoms with Gasteiger partial charge in [0, 0.05) is 24.5 Å². The van der Waals surface area contributed by atoms with Gasteiger partial charge in [-0.15, -0.1) is 0 Å². The minimum Gasteiger partial charge on any atom is -0.467 e. The average Bonchev–Trinajstić information content (AvgIpc) is 3.08. The summed E-state index contributed by atoms with van der Waals surface area (Å²) in [5.41, 5.74) is 1.27. The standard InChI is InChI=1S/C17H16N4O3/c1-12(22)21-15-6-4-14(5-7-15)19-10-13(9-18)17(23)20-11-16-3-2-8-24-16/h2-8,10,19H,11H2,1H3,(H,20,23)(H,21,22)/b13-10+. The molecule has 0 saturated heterocycles. The van der Waals surface area contributed by atoms with E-state index in [2.05, 4.69) is 16.0 Å². The quantitative estimate of drug-likeness (QED) is 0.558. The van der Waals surface area contributed by atoms with Crippen molar-refractivity contribution in [1.82, 2.24) is 5.32 Å². The smallest absolute Gasteiger partial charge is 0.263 e. The molecule has 122 valence electrons. The van der Waals surface area contributed by atoms with Crippen molar-refractivity contribution in [2.24, 2.45) is 0 Å². The lowest BCUT2D eigenvalue weighted by Gasteiger charge is -2.06. The lowest BCUT2D eigenvalue weighted by atomic mass is 10.2. The number of hydrogen-bond donors (Lipinski definition) is 3. The van der Waals surface area contributed by atoms with Crippen LogP contribution in [-0.4, -0.2) is 11.8 Å². The third-order valence-electron chi connectivity index (χ3n) is 2.96. The van der Waals surface area contributed by atoms with Crippen LogP contribution in [-0.2, 0) is 16.1 Å². The normalized spacial score (nSPS) is 10.6. The summed E-state index contributed by atoms with van der Waals surface area (Å²) in [5, 5.41) is 17.2.